The topological polar surface area (TPSA) is 87.2 Å². The molecule has 3 rings (SSSR count). The minimum atomic E-state index is -0.468. The van der Waals surface area contributed by atoms with Crippen molar-refractivity contribution in [2.24, 2.45) is 5.73 Å². The Labute approximate surface area is 152 Å². The van der Waals surface area contributed by atoms with Gasteiger partial charge in [-0.15, -0.1) is 11.3 Å². The number of hydrogen-bond acceptors (Lipinski definition) is 6. The van der Waals surface area contributed by atoms with Gasteiger partial charge in [-0.3, -0.25) is 14.2 Å². The van der Waals surface area contributed by atoms with Crippen molar-refractivity contribution in [1.29, 1.82) is 0 Å². The number of hydrogen-bond donors (Lipinski definition) is 1. The van der Waals surface area contributed by atoms with Gasteiger partial charge in [-0.2, -0.15) is 0 Å². The first-order chi connectivity index (χ1) is 11.9. The van der Waals surface area contributed by atoms with E-state index >= 15 is 0 Å². The normalized spacial score (nSPS) is 11.0. The highest BCUT2D eigenvalue weighted by Gasteiger charge is 2.20. The standard InChI is InChI=1S/C17H17N3O3S2/c1-9-10(2)25-15-14(9)16(22)20(17(19-15)24-8-13(18)21)11-6-4-5-7-12(11)23-3/h4-7H,8H2,1-3H3,(H2,18,21). The number of aromatic nitrogens is 2. The molecule has 0 spiro atoms. The molecule has 2 N–H and O–H groups in total. The third-order valence-corrected chi connectivity index (χ3v) is 5.90. The molecule has 6 nitrogen and oxygen atoms in total. The molecule has 3 aromatic rings. The molecule has 0 saturated heterocycles. The molecule has 0 atom stereocenters. The zero-order valence-corrected chi connectivity index (χ0v) is 15.7. The fraction of sp³-hybridized carbons (Fsp3) is 0.235. The second-order valence-corrected chi connectivity index (χ2v) is 7.57. The van der Waals surface area contributed by atoms with Gasteiger partial charge in [-0.05, 0) is 31.5 Å². The molecule has 0 fully saturated rings. The predicted molar refractivity (Wildman–Crippen MR) is 101 cm³/mol. The second-order valence-electron chi connectivity index (χ2n) is 5.43. The summed E-state index contributed by atoms with van der Waals surface area (Å²) < 4.78 is 6.89. The van der Waals surface area contributed by atoms with Crippen molar-refractivity contribution < 1.29 is 9.53 Å². The van der Waals surface area contributed by atoms with Crippen LogP contribution in [0.1, 0.15) is 10.4 Å². The first-order valence-electron chi connectivity index (χ1n) is 7.51. The molecule has 0 aliphatic rings. The summed E-state index contributed by atoms with van der Waals surface area (Å²) >= 11 is 2.61. The largest absolute Gasteiger partial charge is 0.495 e. The average Bonchev–Trinajstić information content (AvgIpc) is 2.87. The lowest BCUT2D eigenvalue weighted by Gasteiger charge is -2.14. The van der Waals surface area contributed by atoms with E-state index in [9.17, 15) is 9.59 Å². The van der Waals surface area contributed by atoms with Gasteiger partial charge in [0.15, 0.2) is 5.16 Å². The van der Waals surface area contributed by atoms with E-state index in [1.807, 2.05) is 26.0 Å². The van der Waals surface area contributed by atoms with Gasteiger partial charge in [0, 0.05) is 4.88 Å². The summed E-state index contributed by atoms with van der Waals surface area (Å²) in [5.41, 5.74) is 6.60. The number of nitrogens with two attached hydrogens (primary N) is 1. The Morgan fingerprint density at radius 2 is 2.08 bits per heavy atom. The maximum Gasteiger partial charge on any atom is 0.267 e. The zero-order chi connectivity index (χ0) is 18.1. The molecule has 0 aliphatic heterocycles. The van der Waals surface area contributed by atoms with Crippen LogP contribution in [0.5, 0.6) is 5.75 Å². The third-order valence-electron chi connectivity index (χ3n) is 3.84. The number of ether oxygens (including phenoxy) is 1. The quantitative estimate of drug-likeness (QED) is 0.547. The smallest absolute Gasteiger partial charge is 0.267 e. The van der Waals surface area contributed by atoms with E-state index < -0.39 is 5.91 Å². The third kappa shape index (κ3) is 3.14. The van der Waals surface area contributed by atoms with Crippen LogP contribution < -0.4 is 16.0 Å². The number of thiophene rings is 1. The number of nitrogens with zero attached hydrogens (tertiary/aromatic N) is 2. The SMILES string of the molecule is COc1ccccc1-n1c(SCC(N)=O)nc2sc(C)c(C)c2c1=O. The molecule has 0 bridgehead atoms. The maximum absolute atomic E-state index is 13.2. The van der Waals surface area contributed by atoms with Gasteiger partial charge >= 0.3 is 0 Å². The van der Waals surface area contributed by atoms with Crippen LogP contribution in [0.25, 0.3) is 15.9 Å². The van der Waals surface area contributed by atoms with Crippen molar-refractivity contribution in [1.82, 2.24) is 9.55 Å². The van der Waals surface area contributed by atoms with Gasteiger partial charge in [0.1, 0.15) is 10.6 Å². The Balaban J connectivity index is 2.35. The van der Waals surface area contributed by atoms with Crippen LogP contribution in [0.3, 0.4) is 0 Å². The van der Waals surface area contributed by atoms with E-state index in [1.54, 1.807) is 19.2 Å². The summed E-state index contributed by atoms with van der Waals surface area (Å²) in [6.45, 7) is 3.88. The molecule has 1 aromatic carbocycles. The molecule has 8 heteroatoms. The fourth-order valence-electron chi connectivity index (χ4n) is 2.53. The molecular weight excluding hydrogens is 358 g/mol. The number of aryl methyl sites for hydroxylation is 2. The maximum atomic E-state index is 13.2. The van der Waals surface area contributed by atoms with Gasteiger partial charge in [0.05, 0.1) is 23.9 Å². The Hall–Kier alpha value is -2.32. The molecule has 2 heterocycles. The molecule has 130 valence electrons. The fourth-order valence-corrected chi connectivity index (χ4v) is 4.35. The van der Waals surface area contributed by atoms with E-state index in [0.717, 1.165) is 22.2 Å². The first-order valence-corrected chi connectivity index (χ1v) is 9.31. The number of thioether (sulfide) groups is 1. The molecular formula is C17H17N3O3S2. The molecule has 0 radical (unpaired) electrons. The number of benzene rings is 1. The molecule has 1 amide bonds. The Morgan fingerprint density at radius 3 is 2.76 bits per heavy atom. The number of primary amides is 1. The second kappa shape index (κ2) is 6.89. The van der Waals surface area contributed by atoms with Crippen molar-refractivity contribution in [2.75, 3.05) is 12.9 Å². The van der Waals surface area contributed by atoms with Gasteiger partial charge in [-0.1, -0.05) is 23.9 Å². The summed E-state index contributed by atoms with van der Waals surface area (Å²) in [7, 11) is 1.55. The Bertz CT molecular complexity index is 1020. The minimum absolute atomic E-state index is 0.0381. The Morgan fingerprint density at radius 1 is 1.36 bits per heavy atom. The van der Waals surface area contributed by atoms with Crippen LogP contribution in [0.2, 0.25) is 0 Å². The Kier molecular flexibility index (Phi) is 4.82. The van der Waals surface area contributed by atoms with Gasteiger partial charge in [0.2, 0.25) is 5.91 Å². The minimum Gasteiger partial charge on any atom is -0.495 e. The van der Waals surface area contributed by atoms with Crippen LogP contribution in [-0.4, -0.2) is 28.3 Å². The number of rotatable bonds is 5. The lowest BCUT2D eigenvalue weighted by atomic mass is 10.2. The van der Waals surface area contributed by atoms with Crippen LogP contribution >= 0.6 is 23.1 Å². The number of carbonyl (C=O) groups excluding carboxylic acids is 1. The van der Waals surface area contributed by atoms with Crippen LogP contribution in [0, 0.1) is 13.8 Å². The summed E-state index contributed by atoms with van der Waals surface area (Å²) in [6, 6.07) is 7.22. The highest BCUT2D eigenvalue weighted by Crippen LogP contribution is 2.31. The highest BCUT2D eigenvalue weighted by atomic mass is 32.2. The summed E-state index contributed by atoms with van der Waals surface area (Å²) in [5, 5.41) is 1.01. The van der Waals surface area contributed by atoms with Crippen molar-refractivity contribution in [2.45, 2.75) is 19.0 Å². The lowest BCUT2D eigenvalue weighted by molar-refractivity contribution is -0.115. The summed E-state index contributed by atoms with van der Waals surface area (Å²) in [4.78, 5) is 30.8. The first kappa shape index (κ1) is 17.5. The summed E-state index contributed by atoms with van der Waals surface area (Å²) in [6.07, 6.45) is 0. The number of fused-ring (bicyclic) bond motifs is 1. The van der Waals surface area contributed by atoms with Crippen molar-refractivity contribution in [3.63, 3.8) is 0 Å². The van der Waals surface area contributed by atoms with Gasteiger partial charge in [0.25, 0.3) is 5.56 Å². The highest BCUT2D eigenvalue weighted by molar-refractivity contribution is 7.99. The van der Waals surface area contributed by atoms with E-state index in [4.69, 9.17) is 10.5 Å². The molecule has 0 aliphatic carbocycles. The van der Waals surface area contributed by atoms with Crippen LogP contribution in [0.4, 0.5) is 0 Å². The van der Waals surface area contributed by atoms with Crippen LogP contribution in [0.15, 0.2) is 34.2 Å². The lowest BCUT2D eigenvalue weighted by Crippen LogP contribution is -2.23. The number of amides is 1. The molecule has 25 heavy (non-hydrogen) atoms. The number of para-hydroxylation sites is 2. The average molecular weight is 375 g/mol. The molecule has 0 saturated carbocycles. The van der Waals surface area contributed by atoms with E-state index in [2.05, 4.69) is 4.98 Å². The number of carbonyl (C=O) groups is 1. The van der Waals surface area contributed by atoms with Crippen LogP contribution in [-0.2, 0) is 4.79 Å². The van der Waals surface area contributed by atoms with E-state index in [-0.39, 0.29) is 11.3 Å². The molecule has 0 unspecified atom stereocenters. The van der Waals surface area contributed by atoms with Gasteiger partial charge < -0.3 is 10.5 Å². The van der Waals surface area contributed by atoms with E-state index in [1.165, 1.54) is 15.9 Å². The zero-order valence-electron chi connectivity index (χ0n) is 14.0. The predicted octanol–water partition coefficient (Wildman–Crippen LogP) is 2.65. The molecule has 2 aromatic heterocycles. The van der Waals surface area contributed by atoms with Crippen molar-refractivity contribution in [3.05, 3.63) is 45.1 Å². The summed E-state index contributed by atoms with van der Waals surface area (Å²) in [5.74, 6) is 0.122. The van der Waals surface area contributed by atoms with E-state index in [0.29, 0.717) is 26.8 Å². The van der Waals surface area contributed by atoms with Crippen molar-refractivity contribution in [3.8, 4) is 11.4 Å². The van der Waals surface area contributed by atoms with Crippen molar-refractivity contribution >= 4 is 39.2 Å². The monoisotopic (exact) mass is 375 g/mol. The van der Waals surface area contributed by atoms with Gasteiger partial charge in [-0.25, -0.2) is 4.98 Å². The number of methoxy groups -OCH3 is 1.